The van der Waals surface area contributed by atoms with Gasteiger partial charge in [-0.3, -0.25) is 9.69 Å². The molecule has 0 bridgehead atoms. The summed E-state index contributed by atoms with van der Waals surface area (Å²) in [5.41, 5.74) is 0.0308. The van der Waals surface area contributed by atoms with Crippen LogP contribution in [0.3, 0.4) is 0 Å². The molecule has 0 aliphatic carbocycles. The molecule has 2 atom stereocenters. The van der Waals surface area contributed by atoms with Crippen molar-refractivity contribution in [2.45, 2.75) is 24.9 Å². The zero-order valence-corrected chi connectivity index (χ0v) is 13.5. The number of amides is 1. The van der Waals surface area contributed by atoms with Crippen molar-refractivity contribution in [3.05, 3.63) is 22.4 Å². The molecule has 116 valence electrons. The highest BCUT2D eigenvalue weighted by molar-refractivity contribution is 9.10. The zero-order chi connectivity index (χ0) is 15.6. The Bertz CT molecular complexity index is 547. The minimum Gasteiger partial charge on any atom is -0.480 e. The van der Waals surface area contributed by atoms with Gasteiger partial charge < -0.3 is 20.7 Å². The van der Waals surface area contributed by atoms with Gasteiger partial charge in [-0.05, 0) is 42.4 Å². The maximum absolute atomic E-state index is 12.1. The fourth-order valence-corrected chi connectivity index (χ4v) is 2.76. The van der Waals surface area contributed by atoms with Crippen LogP contribution in [0, 0.1) is 0 Å². The predicted molar refractivity (Wildman–Crippen MR) is 81.0 cm³/mol. The number of carboxylic acid groups (broad SMARTS) is 1. The van der Waals surface area contributed by atoms with Crippen molar-refractivity contribution in [3.63, 3.8) is 0 Å². The van der Waals surface area contributed by atoms with Crippen LogP contribution in [-0.4, -0.2) is 58.7 Å². The number of carboxylic acids is 1. The lowest BCUT2D eigenvalue weighted by atomic mass is 9.92. The number of H-pyrrole nitrogens is 1. The van der Waals surface area contributed by atoms with Gasteiger partial charge in [0.05, 0.1) is 0 Å². The summed E-state index contributed by atoms with van der Waals surface area (Å²) in [7, 11) is 1.93. The molecule has 0 aromatic carbocycles. The summed E-state index contributed by atoms with van der Waals surface area (Å²) in [6.45, 7) is 3.39. The van der Waals surface area contributed by atoms with Crippen molar-refractivity contribution in [3.8, 4) is 0 Å². The number of aromatic nitrogens is 1. The number of halogens is 1. The van der Waals surface area contributed by atoms with Gasteiger partial charge in [-0.15, -0.1) is 0 Å². The van der Waals surface area contributed by atoms with E-state index in [2.05, 4.69) is 36.4 Å². The fourth-order valence-electron chi connectivity index (χ4n) is 2.42. The van der Waals surface area contributed by atoms with Gasteiger partial charge in [0.25, 0.3) is 5.91 Å². The van der Waals surface area contributed by atoms with Gasteiger partial charge in [0.1, 0.15) is 11.7 Å². The lowest BCUT2D eigenvalue weighted by molar-refractivity contribution is -0.140. The summed E-state index contributed by atoms with van der Waals surface area (Å²) in [5, 5.41) is 15.1. The molecule has 0 unspecified atom stereocenters. The molecular formula is C13H19BrN4O3. The first kappa shape index (κ1) is 16.0. The minimum absolute atomic E-state index is 0.299. The first-order chi connectivity index (χ1) is 9.82. The number of nitrogens with one attached hydrogen (secondary N) is 3. The lowest BCUT2D eigenvalue weighted by Crippen LogP contribution is -2.51. The van der Waals surface area contributed by atoms with Crippen LogP contribution in [0.4, 0.5) is 0 Å². The molecule has 0 spiro atoms. The van der Waals surface area contributed by atoms with Crippen LogP contribution in [0.1, 0.15) is 23.8 Å². The first-order valence-corrected chi connectivity index (χ1v) is 7.41. The number of hydrogen-bond donors (Lipinski definition) is 4. The summed E-state index contributed by atoms with van der Waals surface area (Å²) in [4.78, 5) is 28.4. The number of carbonyl (C=O) groups is 2. The van der Waals surface area contributed by atoms with Gasteiger partial charge in [-0.2, -0.15) is 0 Å². The molecule has 1 saturated heterocycles. The molecule has 1 aliphatic rings. The number of hydrogen-bond acceptors (Lipinski definition) is 4. The molecule has 1 amide bonds. The van der Waals surface area contributed by atoms with Crippen molar-refractivity contribution in [2.75, 3.05) is 20.3 Å². The Kier molecular flexibility index (Phi) is 4.70. The van der Waals surface area contributed by atoms with Crippen molar-refractivity contribution < 1.29 is 14.7 Å². The molecule has 2 rings (SSSR count). The monoisotopic (exact) mass is 358 g/mol. The Hall–Kier alpha value is -1.38. The third-order valence-electron chi connectivity index (χ3n) is 3.92. The Labute approximate surface area is 131 Å². The standard InChI is InChI=1S/C13H19BrN4O3/c1-13(6-15-7-18(13)2)4-10(12(20)21)17-11(19)9-3-8(14)5-16-9/h3,5,10,15-16H,4,6-7H2,1-2H3,(H,17,19)(H,20,21)/t10-,13-/m0/s1. The molecule has 2 heterocycles. The third kappa shape index (κ3) is 3.63. The highest BCUT2D eigenvalue weighted by Gasteiger charge is 2.38. The quantitative estimate of drug-likeness (QED) is 0.618. The van der Waals surface area contributed by atoms with E-state index in [1.54, 1.807) is 12.3 Å². The van der Waals surface area contributed by atoms with E-state index in [1.165, 1.54) is 0 Å². The van der Waals surface area contributed by atoms with Gasteiger partial charge in [-0.25, -0.2) is 4.79 Å². The van der Waals surface area contributed by atoms with Crippen LogP contribution in [0.15, 0.2) is 16.7 Å². The second kappa shape index (κ2) is 6.17. The summed E-state index contributed by atoms with van der Waals surface area (Å²) in [6.07, 6.45) is 1.96. The molecule has 21 heavy (non-hydrogen) atoms. The Balaban J connectivity index is 2.06. The predicted octanol–water partition coefficient (Wildman–Crippen LogP) is 0.601. The number of carbonyl (C=O) groups excluding carboxylic acids is 1. The molecule has 1 aromatic rings. The van der Waals surface area contributed by atoms with E-state index in [4.69, 9.17) is 0 Å². The summed E-state index contributed by atoms with van der Waals surface area (Å²) in [6, 6.07) is 0.672. The van der Waals surface area contributed by atoms with Gasteiger partial charge in [0.2, 0.25) is 0 Å². The summed E-state index contributed by atoms with van der Waals surface area (Å²) >= 11 is 3.24. The van der Waals surface area contributed by atoms with Crippen LogP contribution in [0.25, 0.3) is 0 Å². The largest absolute Gasteiger partial charge is 0.480 e. The van der Waals surface area contributed by atoms with E-state index in [0.717, 1.165) is 4.47 Å². The number of nitrogens with zero attached hydrogens (tertiary/aromatic N) is 1. The van der Waals surface area contributed by atoms with Crippen LogP contribution in [0.2, 0.25) is 0 Å². The number of likely N-dealkylation sites (N-methyl/N-ethyl adjacent to an activating group) is 1. The molecule has 1 aliphatic heterocycles. The van der Waals surface area contributed by atoms with Crippen LogP contribution in [-0.2, 0) is 4.79 Å². The van der Waals surface area contributed by atoms with E-state index in [-0.39, 0.29) is 5.54 Å². The number of aliphatic carboxylic acids is 1. The average molecular weight is 359 g/mol. The smallest absolute Gasteiger partial charge is 0.326 e. The van der Waals surface area contributed by atoms with Crippen molar-refractivity contribution in [1.82, 2.24) is 20.5 Å². The van der Waals surface area contributed by atoms with E-state index >= 15 is 0 Å². The first-order valence-electron chi connectivity index (χ1n) is 6.61. The molecule has 0 saturated carbocycles. The van der Waals surface area contributed by atoms with E-state index in [9.17, 15) is 14.7 Å². The van der Waals surface area contributed by atoms with E-state index in [1.807, 2.05) is 14.0 Å². The normalized spacial score (nSPS) is 24.0. The number of rotatable bonds is 5. The molecule has 0 radical (unpaired) electrons. The summed E-state index contributed by atoms with van der Waals surface area (Å²) < 4.78 is 0.742. The van der Waals surface area contributed by atoms with Crippen LogP contribution >= 0.6 is 15.9 Å². The van der Waals surface area contributed by atoms with Crippen LogP contribution in [0.5, 0.6) is 0 Å². The van der Waals surface area contributed by atoms with Crippen molar-refractivity contribution in [1.29, 1.82) is 0 Å². The van der Waals surface area contributed by atoms with Crippen molar-refractivity contribution in [2.24, 2.45) is 0 Å². The highest BCUT2D eigenvalue weighted by Crippen LogP contribution is 2.23. The fraction of sp³-hybridized carbons (Fsp3) is 0.538. The van der Waals surface area contributed by atoms with E-state index in [0.29, 0.717) is 25.3 Å². The summed E-state index contributed by atoms with van der Waals surface area (Å²) in [5.74, 6) is -1.46. The second-order valence-electron chi connectivity index (χ2n) is 5.58. The minimum atomic E-state index is -1.03. The Morgan fingerprint density at radius 2 is 2.33 bits per heavy atom. The average Bonchev–Trinajstić information content (AvgIpc) is 2.96. The van der Waals surface area contributed by atoms with Crippen LogP contribution < -0.4 is 10.6 Å². The van der Waals surface area contributed by atoms with Gasteiger partial charge in [0.15, 0.2) is 0 Å². The third-order valence-corrected chi connectivity index (χ3v) is 4.37. The Morgan fingerprint density at radius 3 is 2.81 bits per heavy atom. The SMILES string of the molecule is CN1CNC[C@]1(C)C[C@H](NC(=O)c1cc(Br)c[nH]1)C(=O)O. The topological polar surface area (TPSA) is 97.5 Å². The molecule has 7 nitrogen and oxygen atoms in total. The van der Waals surface area contributed by atoms with Gasteiger partial charge in [-0.1, -0.05) is 0 Å². The molecule has 1 fully saturated rings. The maximum Gasteiger partial charge on any atom is 0.326 e. The molecule has 8 heteroatoms. The van der Waals surface area contributed by atoms with Crippen molar-refractivity contribution >= 4 is 27.8 Å². The second-order valence-corrected chi connectivity index (χ2v) is 6.50. The molecule has 4 N–H and O–H groups in total. The van der Waals surface area contributed by atoms with Gasteiger partial charge in [0, 0.05) is 29.4 Å². The zero-order valence-electron chi connectivity index (χ0n) is 11.9. The molecular weight excluding hydrogens is 340 g/mol. The van der Waals surface area contributed by atoms with E-state index < -0.39 is 17.9 Å². The maximum atomic E-state index is 12.1. The highest BCUT2D eigenvalue weighted by atomic mass is 79.9. The number of aromatic amines is 1. The molecule has 1 aromatic heterocycles. The van der Waals surface area contributed by atoms with Gasteiger partial charge >= 0.3 is 5.97 Å². The Morgan fingerprint density at radius 1 is 1.62 bits per heavy atom. The lowest BCUT2D eigenvalue weighted by Gasteiger charge is -2.33.